The number of aliphatic carboxylic acids is 1. The number of hydrogen-bond acceptors (Lipinski definition) is 2. The molecule has 0 spiro atoms. The second kappa shape index (κ2) is 6.55. The van der Waals surface area contributed by atoms with Crippen LogP contribution in [0.3, 0.4) is 0 Å². The molecule has 1 aromatic rings. The Labute approximate surface area is 109 Å². The molecule has 3 atom stereocenters. The van der Waals surface area contributed by atoms with Gasteiger partial charge in [-0.3, -0.25) is 4.79 Å². The standard InChI is InChI=1S/C15H23NO2/c1-4-10(2)12-5-7-13(8-6-12)14(16)9-11(3)15(17)18/h5-8,10-11,14H,4,9,16H2,1-3H3,(H,17,18). The monoisotopic (exact) mass is 249 g/mol. The van der Waals surface area contributed by atoms with E-state index in [9.17, 15) is 4.79 Å². The Bertz CT molecular complexity index is 386. The second-order valence-electron chi connectivity index (χ2n) is 5.06. The molecule has 18 heavy (non-hydrogen) atoms. The Morgan fingerprint density at radius 1 is 1.22 bits per heavy atom. The smallest absolute Gasteiger partial charge is 0.306 e. The Balaban J connectivity index is 2.70. The lowest BCUT2D eigenvalue weighted by molar-refractivity contribution is -0.141. The largest absolute Gasteiger partial charge is 0.481 e. The van der Waals surface area contributed by atoms with E-state index in [2.05, 4.69) is 26.0 Å². The van der Waals surface area contributed by atoms with Gasteiger partial charge in [0.05, 0.1) is 5.92 Å². The molecule has 3 unspecified atom stereocenters. The fraction of sp³-hybridized carbons (Fsp3) is 0.533. The van der Waals surface area contributed by atoms with Crippen LogP contribution in [0.25, 0.3) is 0 Å². The zero-order valence-corrected chi connectivity index (χ0v) is 11.4. The summed E-state index contributed by atoms with van der Waals surface area (Å²) in [5, 5.41) is 8.87. The summed E-state index contributed by atoms with van der Waals surface area (Å²) in [5.74, 6) is -0.649. The van der Waals surface area contributed by atoms with E-state index in [0.29, 0.717) is 12.3 Å². The maximum atomic E-state index is 10.8. The van der Waals surface area contributed by atoms with Crippen LogP contribution in [0.1, 0.15) is 56.7 Å². The van der Waals surface area contributed by atoms with Gasteiger partial charge < -0.3 is 10.8 Å². The molecule has 0 saturated carbocycles. The third kappa shape index (κ3) is 3.84. The van der Waals surface area contributed by atoms with Crippen molar-refractivity contribution in [1.29, 1.82) is 0 Å². The Kier molecular flexibility index (Phi) is 5.35. The maximum Gasteiger partial charge on any atom is 0.306 e. The van der Waals surface area contributed by atoms with Crippen molar-refractivity contribution in [3.63, 3.8) is 0 Å². The van der Waals surface area contributed by atoms with Gasteiger partial charge in [0.2, 0.25) is 0 Å². The van der Waals surface area contributed by atoms with Gasteiger partial charge in [0.1, 0.15) is 0 Å². The highest BCUT2D eigenvalue weighted by atomic mass is 16.4. The van der Waals surface area contributed by atoms with Gasteiger partial charge in [0.25, 0.3) is 0 Å². The Morgan fingerprint density at radius 2 is 1.72 bits per heavy atom. The number of carboxylic acids is 1. The van der Waals surface area contributed by atoms with Crippen LogP contribution in [0.5, 0.6) is 0 Å². The zero-order valence-electron chi connectivity index (χ0n) is 11.4. The molecule has 1 rings (SSSR count). The summed E-state index contributed by atoms with van der Waals surface area (Å²) >= 11 is 0. The number of carbonyl (C=O) groups is 1. The second-order valence-corrected chi connectivity index (χ2v) is 5.06. The predicted molar refractivity (Wildman–Crippen MR) is 73.5 cm³/mol. The van der Waals surface area contributed by atoms with Crippen LogP contribution in [0, 0.1) is 5.92 Å². The highest BCUT2D eigenvalue weighted by molar-refractivity contribution is 5.69. The number of rotatable bonds is 6. The maximum absolute atomic E-state index is 10.8. The van der Waals surface area contributed by atoms with Crippen LogP contribution in [-0.2, 0) is 4.79 Å². The van der Waals surface area contributed by atoms with Gasteiger partial charge in [-0.1, -0.05) is 45.0 Å². The predicted octanol–water partition coefficient (Wildman–Crippen LogP) is 3.31. The molecule has 3 heteroatoms. The van der Waals surface area contributed by atoms with Crippen LogP contribution in [0.15, 0.2) is 24.3 Å². The fourth-order valence-electron chi connectivity index (χ4n) is 1.93. The lowest BCUT2D eigenvalue weighted by atomic mass is 9.93. The van der Waals surface area contributed by atoms with Gasteiger partial charge in [-0.15, -0.1) is 0 Å². The Hall–Kier alpha value is -1.35. The summed E-state index contributed by atoms with van der Waals surface area (Å²) in [6.07, 6.45) is 1.58. The molecule has 0 saturated heterocycles. The van der Waals surface area contributed by atoms with Gasteiger partial charge in [0.15, 0.2) is 0 Å². The lowest BCUT2D eigenvalue weighted by Gasteiger charge is -2.16. The van der Waals surface area contributed by atoms with Gasteiger partial charge >= 0.3 is 5.97 Å². The van der Waals surface area contributed by atoms with Crippen molar-refractivity contribution in [1.82, 2.24) is 0 Å². The van der Waals surface area contributed by atoms with Crippen LogP contribution >= 0.6 is 0 Å². The average molecular weight is 249 g/mol. The first-order chi connectivity index (χ1) is 8.45. The van der Waals surface area contributed by atoms with Crippen molar-refractivity contribution in [2.75, 3.05) is 0 Å². The molecule has 0 aliphatic carbocycles. The van der Waals surface area contributed by atoms with Crippen LogP contribution in [0.2, 0.25) is 0 Å². The number of carboxylic acid groups (broad SMARTS) is 1. The molecule has 0 aliphatic rings. The topological polar surface area (TPSA) is 63.3 Å². The molecular formula is C15H23NO2. The molecule has 0 heterocycles. The van der Waals surface area contributed by atoms with Crippen molar-refractivity contribution in [3.05, 3.63) is 35.4 Å². The van der Waals surface area contributed by atoms with Gasteiger partial charge in [0, 0.05) is 6.04 Å². The van der Waals surface area contributed by atoms with Crippen molar-refractivity contribution in [2.45, 2.75) is 45.6 Å². The van der Waals surface area contributed by atoms with Gasteiger partial charge in [-0.25, -0.2) is 0 Å². The van der Waals surface area contributed by atoms with Crippen LogP contribution in [-0.4, -0.2) is 11.1 Å². The van der Waals surface area contributed by atoms with Crippen molar-refractivity contribution < 1.29 is 9.90 Å². The SMILES string of the molecule is CCC(C)c1ccc(C(N)CC(C)C(=O)O)cc1. The van der Waals surface area contributed by atoms with E-state index in [1.807, 2.05) is 12.1 Å². The first kappa shape index (κ1) is 14.7. The quantitative estimate of drug-likeness (QED) is 0.813. The van der Waals surface area contributed by atoms with E-state index >= 15 is 0 Å². The van der Waals surface area contributed by atoms with Crippen LogP contribution < -0.4 is 5.73 Å². The fourth-order valence-corrected chi connectivity index (χ4v) is 1.93. The molecular weight excluding hydrogens is 226 g/mol. The van der Waals surface area contributed by atoms with E-state index in [-0.39, 0.29) is 6.04 Å². The minimum absolute atomic E-state index is 0.206. The molecule has 3 nitrogen and oxygen atoms in total. The molecule has 3 N–H and O–H groups in total. The third-order valence-corrected chi connectivity index (χ3v) is 3.58. The summed E-state index contributed by atoms with van der Waals surface area (Å²) < 4.78 is 0. The van der Waals surface area contributed by atoms with Crippen molar-refractivity contribution in [3.8, 4) is 0 Å². The van der Waals surface area contributed by atoms with E-state index in [0.717, 1.165) is 12.0 Å². The highest BCUT2D eigenvalue weighted by Crippen LogP contribution is 2.23. The first-order valence-corrected chi connectivity index (χ1v) is 6.54. The normalized spacial score (nSPS) is 16.0. The lowest BCUT2D eigenvalue weighted by Crippen LogP contribution is -2.19. The molecule has 100 valence electrons. The Morgan fingerprint density at radius 3 is 2.17 bits per heavy atom. The van der Waals surface area contributed by atoms with Crippen molar-refractivity contribution in [2.24, 2.45) is 11.7 Å². The zero-order chi connectivity index (χ0) is 13.7. The summed E-state index contributed by atoms with van der Waals surface area (Å²) in [6.45, 7) is 6.05. The minimum atomic E-state index is -0.790. The van der Waals surface area contributed by atoms with Crippen molar-refractivity contribution >= 4 is 5.97 Å². The average Bonchev–Trinajstić information content (AvgIpc) is 2.37. The van der Waals surface area contributed by atoms with Crippen LogP contribution in [0.4, 0.5) is 0 Å². The number of hydrogen-bond donors (Lipinski definition) is 2. The van der Waals surface area contributed by atoms with E-state index in [1.54, 1.807) is 6.92 Å². The first-order valence-electron chi connectivity index (χ1n) is 6.54. The summed E-state index contributed by atoms with van der Waals surface area (Å²) in [6, 6.07) is 8.01. The number of benzene rings is 1. The molecule has 0 aromatic heterocycles. The van der Waals surface area contributed by atoms with Gasteiger partial charge in [-0.05, 0) is 29.9 Å². The molecule has 0 aliphatic heterocycles. The molecule has 0 bridgehead atoms. The number of nitrogens with two attached hydrogens (primary N) is 1. The van der Waals surface area contributed by atoms with E-state index in [1.165, 1.54) is 5.56 Å². The van der Waals surface area contributed by atoms with E-state index < -0.39 is 11.9 Å². The molecule has 0 fully saturated rings. The molecule has 0 amide bonds. The van der Waals surface area contributed by atoms with Gasteiger partial charge in [-0.2, -0.15) is 0 Å². The summed E-state index contributed by atoms with van der Waals surface area (Å²) in [4.78, 5) is 10.8. The van der Waals surface area contributed by atoms with E-state index in [4.69, 9.17) is 10.8 Å². The third-order valence-electron chi connectivity index (χ3n) is 3.58. The summed E-state index contributed by atoms with van der Waals surface area (Å²) in [7, 11) is 0. The highest BCUT2D eigenvalue weighted by Gasteiger charge is 2.16. The minimum Gasteiger partial charge on any atom is -0.481 e. The summed E-state index contributed by atoms with van der Waals surface area (Å²) in [5.41, 5.74) is 8.34. The molecule has 0 radical (unpaired) electrons. The molecule has 1 aromatic carbocycles.